The fourth-order valence-electron chi connectivity index (χ4n) is 2.71. The first-order chi connectivity index (χ1) is 8.47. The topological polar surface area (TPSA) is 83.9 Å². The van der Waals surface area contributed by atoms with Gasteiger partial charge in [0.15, 0.2) is 5.54 Å². The van der Waals surface area contributed by atoms with E-state index in [1.54, 1.807) is 0 Å². The van der Waals surface area contributed by atoms with Gasteiger partial charge in [-0.15, -0.1) is 0 Å². The molecule has 0 radical (unpaired) electrons. The van der Waals surface area contributed by atoms with Gasteiger partial charge in [-0.3, -0.25) is 14.5 Å². The maximum atomic E-state index is 12.0. The maximum absolute atomic E-state index is 12.0. The summed E-state index contributed by atoms with van der Waals surface area (Å²) >= 11 is 0. The molecule has 6 nitrogen and oxygen atoms in total. The van der Waals surface area contributed by atoms with Crippen LogP contribution in [0.4, 0.5) is 0 Å². The Kier molecular flexibility index (Phi) is 3.38. The fourth-order valence-corrected chi connectivity index (χ4v) is 2.71. The lowest BCUT2D eigenvalue weighted by Gasteiger charge is -2.43. The Hall–Kier alpha value is -1.43. The molecule has 2 heterocycles. The Morgan fingerprint density at radius 3 is 2.22 bits per heavy atom. The second kappa shape index (κ2) is 4.68. The largest absolute Gasteiger partial charge is 0.479 e. The molecule has 6 heteroatoms. The summed E-state index contributed by atoms with van der Waals surface area (Å²) < 4.78 is 5.14. The van der Waals surface area contributed by atoms with E-state index in [0.717, 1.165) is 4.90 Å². The number of nitrogens with zero attached hydrogens (tertiary/aromatic N) is 1. The van der Waals surface area contributed by atoms with Crippen LogP contribution in [0.3, 0.4) is 0 Å². The number of ether oxygens (including phenoxy) is 1. The van der Waals surface area contributed by atoms with E-state index in [4.69, 9.17) is 4.74 Å². The minimum atomic E-state index is -1.40. The maximum Gasteiger partial charge on any atom is 0.330 e. The first-order valence-corrected chi connectivity index (χ1v) is 6.14. The van der Waals surface area contributed by atoms with Crippen molar-refractivity contribution in [3.05, 3.63) is 0 Å². The smallest absolute Gasteiger partial charge is 0.330 e. The Balaban J connectivity index is 2.33. The van der Waals surface area contributed by atoms with Crippen molar-refractivity contribution in [2.45, 2.75) is 38.1 Å². The molecule has 0 aromatic rings. The first-order valence-electron chi connectivity index (χ1n) is 6.14. The van der Waals surface area contributed by atoms with Crippen molar-refractivity contribution in [1.82, 2.24) is 4.90 Å². The lowest BCUT2D eigenvalue weighted by atomic mass is 9.84. The normalized spacial score (nSPS) is 25.3. The van der Waals surface area contributed by atoms with E-state index in [1.807, 2.05) is 6.92 Å². The average molecular weight is 255 g/mol. The van der Waals surface area contributed by atoms with E-state index in [1.165, 1.54) is 0 Å². The summed E-state index contributed by atoms with van der Waals surface area (Å²) in [4.78, 5) is 36.6. The van der Waals surface area contributed by atoms with Crippen molar-refractivity contribution in [3.63, 3.8) is 0 Å². The molecule has 100 valence electrons. The highest BCUT2D eigenvalue weighted by Gasteiger charge is 2.52. The average Bonchev–Trinajstić information content (AvgIpc) is 2.28. The summed E-state index contributed by atoms with van der Waals surface area (Å²) in [5.41, 5.74) is -1.40. The van der Waals surface area contributed by atoms with Gasteiger partial charge in [0.2, 0.25) is 11.8 Å². The van der Waals surface area contributed by atoms with E-state index >= 15 is 0 Å². The Labute approximate surface area is 105 Å². The molecule has 0 saturated carbocycles. The van der Waals surface area contributed by atoms with Crippen molar-refractivity contribution < 1.29 is 24.2 Å². The molecule has 2 aliphatic rings. The number of carbonyl (C=O) groups is 3. The zero-order valence-corrected chi connectivity index (χ0v) is 10.3. The molecule has 0 spiro atoms. The van der Waals surface area contributed by atoms with Gasteiger partial charge in [0.1, 0.15) is 0 Å². The van der Waals surface area contributed by atoms with Crippen LogP contribution in [0.25, 0.3) is 0 Å². The highest BCUT2D eigenvalue weighted by atomic mass is 16.5. The highest BCUT2D eigenvalue weighted by molar-refractivity contribution is 6.03. The monoisotopic (exact) mass is 255 g/mol. The third-order valence-corrected chi connectivity index (χ3v) is 3.69. The predicted molar refractivity (Wildman–Crippen MR) is 60.7 cm³/mol. The Bertz CT molecular complexity index is 368. The number of carboxylic acid groups (broad SMARTS) is 1. The van der Waals surface area contributed by atoms with Gasteiger partial charge in [0.25, 0.3) is 0 Å². The molecule has 0 aliphatic carbocycles. The Morgan fingerprint density at radius 1 is 1.28 bits per heavy atom. The van der Waals surface area contributed by atoms with Gasteiger partial charge < -0.3 is 9.84 Å². The van der Waals surface area contributed by atoms with Crippen LogP contribution < -0.4 is 0 Å². The number of carboxylic acids is 1. The molecule has 2 fully saturated rings. The second-order valence-corrected chi connectivity index (χ2v) is 5.09. The third kappa shape index (κ3) is 2.01. The minimum absolute atomic E-state index is 0.00747. The molecule has 2 saturated heterocycles. The zero-order valence-electron chi connectivity index (χ0n) is 10.3. The van der Waals surface area contributed by atoms with E-state index in [-0.39, 0.29) is 56.6 Å². The molecule has 2 aliphatic heterocycles. The molecule has 2 rings (SSSR count). The van der Waals surface area contributed by atoms with Gasteiger partial charge in [-0.2, -0.15) is 0 Å². The van der Waals surface area contributed by atoms with E-state index in [9.17, 15) is 19.5 Å². The van der Waals surface area contributed by atoms with Crippen LogP contribution in [0, 0.1) is 5.92 Å². The lowest BCUT2D eigenvalue weighted by Crippen LogP contribution is -2.63. The van der Waals surface area contributed by atoms with Crippen LogP contribution in [0.2, 0.25) is 0 Å². The van der Waals surface area contributed by atoms with E-state index in [2.05, 4.69) is 0 Å². The number of rotatable bonds is 2. The van der Waals surface area contributed by atoms with Crippen LogP contribution >= 0.6 is 0 Å². The predicted octanol–water partition coefficient (Wildman–Crippen LogP) is 0.405. The molecule has 1 N–H and O–H groups in total. The summed E-state index contributed by atoms with van der Waals surface area (Å²) in [6.45, 7) is 2.35. The molecular formula is C12H17NO5. The lowest BCUT2D eigenvalue weighted by molar-refractivity contribution is -0.176. The molecule has 18 heavy (non-hydrogen) atoms. The standard InChI is InChI=1S/C12H17NO5/c1-8-6-9(14)13(10(15)7-8)12(11(16)17)2-4-18-5-3-12/h8H,2-7H2,1H3,(H,16,17). The van der Waals surface area contributed by atoms with Crippen molar-refractivity contribution in [2.24, 2.45) is 5.92 Å². The first kappa shape index (κ1) is 13.0. The molecule has 2 amide bonds. The summed E-state index contributed by atoms with van der Waals surface area (Å²) in [6, 6.07) is 0. The molecule has 0 unspecified atom stereocenters. The number of aliphatic carboxylic acids is 1. The number of likely N-dealkylation sites (tertiary alicyclic amines) is 1. The van der Waals surface area contributed by atoms with Gasteiger partial charge in [-0.05, 0) is 5.92 Å². The van der Waals surface area contributed by atoms with Crippen LogP contribution in [-0.4, -0.2) is 46.5 Å². The summed E-state index contributed by atoms with van der Waals surface area (Å²) in [5.74, 6) is -1.86. The SMILES string of the molecule is CC1CC(=O)N(C2(C(=O)O)CCOCC2)C(=O)C1. The van der Waals surface area contributed by atoms with Gasteiger partial charge in [0.05, 0.1) is 0 Å². The van der Waals surface area contributed by atoms with Crippen molar-refractivity contribution in [3.8, 4) is 0 Å². The number of imide groups is 1. The number of hydrogen-bond donors (Lipinski definition) is 1. The van der Waals surface area contributed by atoms with Gasteiger partial charge in [-0.1, -0.05) is 6.92 Å². The molecule has 0 bridgehead atoms. The zero-order chi connectivity index (χ0) is 13.3. The Morgan fingerprint density at radius 2 is 1.78 bits per heavy atom. The molecule has 0 aromatic heterocycles. The van der Waals surface area contributed by atoms with Crippen molar-refractivity contribution in [1.29, 1.82) is 0 Å². The van der Waals surface area contributed by atoms with Crippen LogP contribution in [0.15, 0.2) is 0 Å². The van der Waals surface area contributed by atoms with Crippen LogP contribution in [0.1, 0.15) is 32.6 Å². The third-order valence-electron chi connectivity index (χ3n) is 3.69. The van der Waals surface area contributed by atoms with Gasteiger partial charge in [0, 0.05) is 38.9 Å². The van der Waals surface area contributed by atoms with Crippen molar-refractivity contribution in [2.75, 3.05) is 13.2 Å². The summed E-state index contributed by atoms with van der Waals surface area (Å²) in [7, 11) is 0. The number of piperidine rings is 1. The van der Waals surface area contributed by atoms with Crippen molar-refractivity contribution >= 4 is 17.8 Å². The summed E-state index contributed by atoms with van der Waals surface area (Å²) in [5, 5.41) is 9.44. The quantitative estimate of drug-likeness (QED) is 0.722. The second-order valence-electron chi connectivity index (χ2n) is 5.09. The van der Waals surface area contributed by atoms with Crippen LogP contribution in [0.5, 0.6) is 0 Å². The highest BCUT2D eigenvalue weighted by Crippen LogP contribution is 2.33. The number of amides is 2. The molecule has 0 atom stereocenters. The van der Waals surface area contributed by atoms with E-state index in [0.29, 0.717) is 0 Å². The fraction of sp³-hybridized carbons (Fsp3) is 0.750. The molecule has 0 aromatic carbocycles. The van der Waals surface area contributed by atoms with Gasteiger partial charge in [-0.25, -0.2) is 4.79 Å². The molecular weight excluding hydrogens is 238 g/mol. The number of carbonyl (C=O) groups excluding carboxylic acids is 2. The number of hydrogen-bond acceptors (Lipinski definition) is 4. The van der Waals surface area contributed by atoms with E-state index < -0.39 is 11.5 Å². The summed E-state index contributed by atoms with van der Waals surface area (Å²) in [6.07, 6.45) is 0.825. The van der Waals surface area contributed by atoms with Crippen LogP contribution in [-0.2, 0) is 19.1 Å². The minimum Gasteiger partial charge on any atom is -0.479 e. The van der Waals surface area contributed by atoms with Gasteiger partial charge >= 0.3 is 5.97 Å².